The van der Waals surface area contributed by atoms with Crippen molar-refractivity contribution in [1.29, 1.82) is 0 Å². The maximum atomic E-state index is 12.2. The average Bonchev–Trinajstić information content (AvgIpc) is 3.05. The zero-order valence-corrected chi connectivity index (χ0v) is 13.6. The zero-order chi connectivity index (χ0) is 15.9. The molecule has 4 nitrogen and oxygen atoms in total. The Morgan fingerprint density at radius 1 is 1.23 bits per heavy atom. The fourth-order valence-electron chi connectivity index (χ4n) is 2.09. The highest BCUT2D eigenvalue weighted by Gasteiger charge is 2.24. The predicted molar refractivity (Wildman–Crippen MR) is 87.7 cm³/mol. The Kier molecular flexibility index (Phi) is 6.12. The second kappa shape index (κ2) is 8.08. The SMILES string of the molecule is CN(C)CC[C@H](OC(=O)[C@@H](O)c1ccccc1)c1cccs1. The molecule has 1 aromatic carbocycles. The van der Waals surface area contributed by atoms with Crippen molar-refractivity contribution in [2.75, 3.05) is 20.6 Å². The number of aliphatic hydroxyl groups excluding tert-OH is 1. The molecule has 0 radical (unpaired) electrons. The standard InChI is InChI=1S/C17H21NO3S/c1-18(2)11-10-14(15-9-6-12-22-15)21-17(20)16(19)13-7-4-3-5-8-13/h3-9,12,14,16,19H,10-11H2,1-2H3/t14-,16-/m0/s1. The van der Waals surface area contributed by atoms with Crippen LogP contribution in [-0.4, -0.2) is 36.6 Å². The molecule has 0 fully saturated rings. The molecular formula is C17H21NO3S. The molecule has 118 valence electrons. The number of esters is 1. The molecule has 0 aliphatic heterocycles. The lowest BCUT2D eigenvalue weighted by Gasteiger charge is -2.20. The van der Waals surface area contributed by atoms with Gasteiger partial charge in [-0.3, -0.25) is 0 Å². The van der Waals surface area contributed by atoms with Crippen LogP contribution in [-0.2, 0) is 9.53 Å². The van der Waals surface area contributed by atoms with Crippen LogP contribution in [0.25, 0.3) is 0 Å². The lowest BCUT2D eigenvalue weighted by Crippen LogP contribution is -2.22. The van der Waals surface area contributed by atoms with Crippen molar-refractivity contribution in [2.45, 2.75) is 18.6 Å². The lowest BCUT2D eigenvalue weighted by molar-refractivity contribution is -0.160. The van der Waals surface area contributed by atoms with E-state index in [9.17, 15) is 9.90 Å². The minimum absolute atomic E-state index is 0.326. The number of benzene rings is 1. The van der Waals surface area contributed by atoms with Crippen LogP contribution >= 0.6 is 11.3 Å². The van der Waals surface area contributed by atoms with Gasteiger partial charge in [0.25, 0.3) is 0 Å². The second-order valence-corrected chi connectivity index (χ2v) is 6.33. The summed E-state index contributed by atoms with van der Waals surface area (Å²) in [5, 5.41) is 12.1. The topological polar surface area (TPSA) is 49.8 Å². The Hall–Kier alpha value is -1.69. The number of carbonyl (C=O) groups excluding carboxylic acids is 1. The maximum Gasteiger partial charge on any atom is 0.340 e. The molecule has 1 heterocycles. The molecule has 0 saturated heterocycles. The Morgan fingerprint density at radius 3 is 2.55 bits per heavy atom. The molecule has 5 heteroatoms. The minimum atomic E-state index is -1.25. The van der Waals surface area contributed by atoms with Gasteiger partial charge in [0, 0.05) is 17.8 Å². The minimum Gasteiger partial charge on any atom is -0.454 e. The number of rotatable bonds is 7. The summed E-state index contributed by atoms with van der Waals surface area (Å²) in [6.45, 7) is 0.803. The van der Waals surface area contributed by atoms with E-state index in [1.54, 1.807) is 35.6 Å². The molecule has 2 rings (SSSR count). The van der Waals surface area contributed by atoms with Gasteiger partial charge in [-0.2, -0.15) is 0 Å². The fourth-order valence-corrected chi connectivity index (χ4v) is 2.87. The molecule has 0 amide bonds. The number of thiophene rings is 1. The molecule has 0 unspecified atom stereocenters. The monoisotopic (exact) mass is 319 g/mol. The van der Waals surface area contributed by atoms with Crippen molar-refractivity contribution in [3.05, 3.63) is 58.3 Å². The van der Waals surface area contributed by atoms with E-state index < -0.39 is 12.1 Å². The quantitative estimate of drug-likeness (QED) is 0.797. The number of ether oxygens (including phenoxy) is 1. The Morgan fingerprint density at radius 2 is 1.95 bits per heavy atom. The van der Waals surface area contributed by atoms with E-state index in [0.717, 1.165) is 11.4 Å². The Balaban J connectivity index is 2.04. The van der Waals surface area contributed by atoms with E-state index in [2.05, 4.69) is 0 Å². The molecule has 0 bridgehead atoms. The molecule has 2 aromatic rings. The van der Waals surface area contributed by atoms with Crippen molar-refractivity contribution in [3.8, 4) is 0 Å². The third-order valence-electron chi connectivity index (χ3n) is 3.30. The molecule has 0 aliphatic rings. The van der Waals surface area contributed by atoms with Crippen LogP contribution in [0.2, 0.25) is 0 Å². The van der Waals surface area contributed by atoms with E-state index in [1.165, 1.54) is 0 Å². The molecular weight excluding hydrogens is 298 g/mol. The first-order valence-electron chi connectivity index (χ1n) is 7.19. The van der Waals surface area contributed by atoms with Gasteiger partial charge in [-0.25, -0.2) is 4.79 Å². The zero-order valence-electron chi connectivity index (χ0n) is 12.8. The van der Waals surface area contributed by atoms with Crippen LogP contribution in [0.4, 0.5) is 0 Å². The largest absolute Gasteiger partial charge is 0.454 e. The fraction of sp³-hybridized carbons (Fsp3) is 0.353. The van der Waals surface area contributed by atoms with Crippen molar-refractivity contribution < 1.29 is 14.6 Å². The number of carbonyl (C=O) groups is 1. The van der Waals surface area contributed by atoms with Gasteiger partial charge >= 0.3 is 5.97 Å². The van der Waals surface area contributed by atoms with Gasteiger partial charge < -0.3 is 14.7 Å². The van der Waals surface area contributed by atoms with E-state index in [-0.39, 0.29) is 6.10 Å². The molecule has 1 N–H and O–H groups in total. The van der Waals surface area contributed by atoms with Gasteiger partial charge in [-0.05, 0) is 31.1 Å². The molecule has 0 saturated carbocycles. The first-order valence-corrected chi connectivity index (χ1v) is 8.07. The summed E-state index contributed by atoms with van der Waals surface area (Å²) in [7, 11) is 3.96. The van der Waals surface area contributed by atoms with Crippen LogP contribution in [0.15, 0.2) is 47.8 Å². The number of nitrogens with zero attached hydrogens (tertiary/aromatic N) is 1. The van der Waals surface area contributed by atoms with Crippen LogP contribution in [0.5, 0.6) is 0 Å². The highest BCUT2D eigenvalue weighted by Crippen LogP contribution is 2.28. The number of aliphatic hydroxyl groups is 1. The summed E-state index contributed by atoms with van der Waals surface area (Å²) >= 11 is 1.55. The third-order valence-corrected chi connectivity index (χ3v) is 4.26. The van der Waals surface area contributed by atoms with Crippen molar-refractivity contribution in [2.24, 2.45) is 0 Å². The highest BCUT2D eigenvalue weighted by atomic mass is 32.1. The van der Waals surface area contributed by atoms with Crippen LogP contribution in [0.1, 0.15) is 29.1 Å². The third kappa shape index (κ3) is 4.66. The summed E-state index contributed by atoms with van der Waals surface area (Å²) in [6.07, 6.45) is -0.878. The summed E-state index contributed by atoms with van der Waals surface area (Å²) in [6, 6.07) is 12.7. The summed E-state index contributed by atoms with van der Waals surface area (Å²) in [4.78, 5) is 15.3. The smallest absolute Gasteiger partial charge is 0.340 e. The van der Waals surface area contributed by atoms with Gasteiger partial charge in [0.15, 0.2) is 6.10 Å². The van der Waals surface area contributed by atoms with Crippen LogP contribution in [0, 0.1) is 0 Å². The van der Waals surface area contributed by atoms with Gasteiger partial charge in [0.2, 0.25) is 0 Å². The van der Waals surface area contributed by atoms with Gasteiger partial charge in [0.05, 0.1) is 0 Å². The molecule has 1 aromatic heterocycles. The van der Waals surface area contributed by atoms with Gasteiger partial charge in [-0.15, -0.1) is 11.3 Å². The Bertz CT molecular complexity index is 569. The van der Waals surface area contributed by atoms with Crippen molar-refractivity contribution in [1.82, 2.24) is 4.90 Å². The molecule has 0 spiro atoms. The second-order valence-electron chi connectivity index (χ2n) is 5.35. The first kappa shape index (κ1) is 16.7. The van der Waals surface area contributed by atoms with Crippen molar-refractivity contribution >= 4 is 17.3 Å². The summed E-state index contributed by atoms with van der Waals surface area (Å²) < 4.78 is 5.56. The lowest BCUT2D eigenvalue weighted by atomic mass is 10.1. The molecule has 2 atom stereocenters. The van der Waals surface area contributed by atoms with E-state index in [1.807, 2.05) is 42.6 Å². The number of hydrogen-bond donors (Lipinski definition) is 1. The van der Waals surface area contributed by atoms with Crippen molar-refractivity contribution in [3.63, 3.8) is 0 Å². The maximum absolute atomic E-state index is 12.2. The van der Waals surface area contributed by atoms with Gasteiger partial charge in [-0.1, -0.05) is 36.4 Å². The average molecular weight is 319 g/mol. The van der Waals surface area contributed by atoms with Crippen LogP contribution in [0.3, 0.4) is 0 Å². The predicted octanol–water partition coefficient (Wildman–Crippen LogP) is 3.02. The van der Waals surface area contributed by atoms with E-state index in [0.29, 0.717) is 12.0 Å². The normalized spacial score (nSPS) is 13.8. The van der Waals surface area contributed by atoms with Crippen LogP contribution < -0.4 is 0 Å². The van der Waals surface area contributed by atoms with Gasteiger partial charge in [0.1, 0.15) is 6.10 Å². The molecule has 22 heavy (non-hydrogen) atoms. The van der Waals surface area contributed by atoms with E-state index in [4.69, 9.17) is 4.74 Å². The Labute approximate surface area is 135 Å². The summed E-state index contributed by atoms with van der Waals surface area (Å²) in [5.41, 5.74) is 0.546. The molecule has 0 aliphatic carbocycles. The highest BCUT2D eigenvalue weighted by molar-refractivity contribution is 7.10. The van der Waals surface area contributed by atoms with E-state index >= 15 is 0 Å². The first-order chi connectivity index (χ1) is 10.6. The number of hydrogen-bond acceptors (Lipinski definition) is 5. The summed E-state index contributed by atoms with van der Waals surface area (Å²) in [5.74, 6) is -0.608.